The summed E-state index contributed by atoms with van der Waals surface area (Å²) < 4.78 is 0. The Balaban J connectivity index is 2.29. The molecule has 2 rings (SSSR count). The van der Waals surface area contributed by atoms with Crippen LogP contribution in [0.15, 0.2) is 11.6 Å². The fourth-order valence-corrected chi connectivity index (χ4v) is 5.71. The molecule has 0 amide bonds. The van der Waals surface area contributed by atoms with Crippen molar-refractivity contribution in [3.8, 4) is 0 Å². The fourth-order valence-electron chi connectivity index (χ4n) is 5.71. The Morgan fingerprint density at radius 2 is 1.83 bits per heavy atom. The van der Waals surface area contributed by atoms with Gasteiger partial charge >= 0.3 is 0 Å². The normalized spacial score (nSPS) is 44.0. The Bertz CT molecular complexity index is 437. The van der Waals surface area contributed by atoms with E-state index in [4.69, 9.17) is 0 Å². The third kappa shape index (κ3) is 3.59. The molecule has 23 heavy (non-hydrogen) atoms. The minimum absolute atomic E-state index is 0.209. The Morgan fingerprint density at radius 3 is 2.48 bits per heavy atom. The highest BCUT2D eigenvalue weighted by molar-refractivity contribution is 5.66. The highest BCUT2D eigenvalue weighted by atomic mass is 16.1. The van der Waals surface area contributed by atoms with Gasteiger partial charge in [0.05, 0.1) is 0 Å². The number of hydrogen-bond acceptors (Lipinski definition) is 1. The van der Waals surface area contributed by atoms with Crippen LogP contribution in [-0.2, 0) is 4.79 Å². The van der Waals surface area contributed by atoms with E-state index in [0.29, 0.717) is 11.3 Å². The Kier molecular flexibility index (Phi) is 6.14. The molecule has 0 aliphatic heterocycles. The van der Waals surface area contributed by atoms with E-state index in [-0.39, 0.29) is 5.41 Å². The molecule has 2 aliphatic rings. The van der Waals surface area contributed by atoms with Gasteiger partial charge in [0.25, 0.3) is 0 Å². The third-order valence-electron chi connectivity index (χ3n) is 7.98. The lowest BCUT2D eigenvalue weighted by Gasteiger charge is -2.43. The second-order valence-electron chi connectivity index (χ2n) is 9.01. The number of rotatable bonds is 3. The van der Waals surface area contributed by atoms with Crippen molar-refractivity contribution < 1.29 is 4.79 Å². The summed E-state index contributed by atoms with van der Waals surface area (Å²) in [5.74, 6) is 2.44. The molecule has 0 aromatic heterocycles. The number of aldehydes is 1. The van der Waals surface area contributed by atoms with Crippen molar-refractivity contribution in [1.82, 2.24) is 0 Å². The molecular formula is C22H38O. The van der Waals surface area contributed by atoms with Crippen molar-refractivity contribution in [2.24, 2.45) is 28.6 Å². The summed E-state index contributed by atoms with van der Waals surface area (Å²) in [5.41, 5.74) is 2.19. The first-order chi connectivity index (χ1) is 10.9. The van der Waals surface area contributed by atoms with Crippen LogP contribution in [0.1, 0.15) is 92.4 Å². The summed E-state index contributed by atoms with van der Waals surface area (Å²) >= 11 is 0. The van der Waals surface area contributed by atoms with Crippen LogP contribution in [0.3, 0.4) is 0 Å². The predicted octanol–water partition coefficient (Wildman–Crippen LogP) is 6.57. The molecule has 0 aromatic carbocycles. The van der Waals surface area contributed by atoms with Crippen molar-refractivity contribution in [3.63, 3.8) is 0 Å². The van der Waals surface area contributed by atoms with Crippen LogP contribution in [0.2, 0.25) is 0 Å². The standard InChI is InChI=1S/C22H38O/c1-6-14-21(4)18(3)12-15-22(5)17(2)10-11-19(22)8-7-9-20(21)13-16-23/h13,16-19H,6-12,14-15H2,1-5H3/b20-13-. The molecule has 5 unspecified atom stereocenters. The van der Waals surface area contributed by atoms with Gasteiger partial charge in [-0.25, -0.2) is 0 Å². The number of carbonyl (C=O) groups is 1. The van der Waals surface area contributed by atoms with E-state index in [1.807, 2.05) is 6.08 Å². The topological polar surface area (TPSA) is 17.1 Å². The van der Waals surface area contributed by atoms with Gasteiger partial charge in [-0.05, 0) is 86.0 Å². The van der Waals surface area contributed by atoms with E-state index < -0.39 is 0 Å². The van der Waals surface area contributed by atoms with Gasteiger partial charge in [-0.3, -0.25) is 4.79 Å². The van der Waals surface area contributed by atoms with Crippen LogP contribution in [0.4, 0.5) is 0 Å². The molecule has 5 atom stereocenters. The van der Waals surface area contributed by atoms with Crippen LogP contribution in [0.5, 0.6) is 0 Å². The third-order valence-corrected chi connectivity index (χ3v) is 7.98. The summed E-state index contributed by atoms with van der Waals surface area (Å²) in [6.45, 7) is 12.2. The van der Waals surface area contributed by atoms with Gasteiger partial charge < -0.3 is 0 Å². The highest BCUT2D eigenvalue weighted by Crippen LogP contribution is 2.55. The number of fused-ring (bicyclic) bond motifs is 1. The number of hydrogen-bond donors (Lipinski definition) is 0. The second kappa shape index (κ2) is 7.53. The maximum Gasteiger partial charge on any atom is 0.142 e. The zero-order valence-corrected chi connectivity index (χ0v) is 16.2. The van der Waals surface area contributed by atoms with Crippen molar-refractivity contribution in [2.75, 3.05) is 0 Å². The van der Waals surface area contributed by atoms with Gasteiger partial charge in [0.15, 0.2) is 0 Å². The summed E-state index contributed by atoms with van der Waals surface area (Å²) in [5, 5.41) is 0. The van der Waals surface area contributed by atoms with Crippen molar-refractivity contribution in [3.05, 3.63) is 11.6 Å². The Morgan fingerprint density at radius 1 is 1.09 bits per heavy atom. The van der Waals surface area contributed by atoms with E-state index >= 15 is 0 Å². The molecule has 2 fully saturated rings. The Hall–Kier alpha value is -0.590. The Labute approximate surface area is 144 Å². The van der Waals surface area contributed by atoms with Gasteiger partial charge in [-0.1, -0.05) is 46.6 Å². The largest absolute Gasteiger partial charge is 0.299 e. The number of allylic oxidation sites excluding steroid dienone is 2. The van der Waals surface area contributed by atoms with Gasteiger partial charge in [0.2, 0.25) is 0 Å². The van der Waals surface area contributed by atoms with E-state index in [1.54, 1.807) is 0 Å². The molecule has 2 aliphatic carbocycles. The lowest BCUT2D eigenvalue weighted by molar-refractivity contribution is -0.104. The molecule has 0 radical (unpaired) electrons. The first kappa shape index (κ1) is 18.7. The van der Waals surface area contributed by atoms with E-state index in [0.717, 1.165) is 24.5 Å². The zero-order chi connectivity index (χ0) is 17.1. The van der Waals surface area contributed by atoms with Crippen molar-refractivity contribution in [1.29, 1.82) is 0 Å². The number of carbonyl (C=O) groups excluding carboxylic acids is 1. The molecule has 132 valence electrons. The maximum absolute atomic E-state index is 11.2. The summed E-state index contributed by atoms with van der Waals surface area (Å²) in [6, 6.07) is 0. The highest BCUT2D eigenvalue weighted by Gasteiger charge is 2.45. The smallest absolute Gasteiger partial charge is 0.142 e. The molecule has 0 bridgehead atoms. The molecule has 0 heterocycles. The lowest BCUT2D eigenvalue weighted by Crippen LogP contribution is -2.34. The van der Waals surface area contributed by atoms with E-state index in [1.165, 1.54) is 56.9 Å². The minimum Gasteiger partial charge on any atom is -0.299 e. The molecule has 0 aromatic rings. The van der Waals surface area contributed by atoms with Gasteiger partial charge in [-0.2, -0.15) is 0 Å². The van der Waals surface area contributed by atoms with Crippen LogP contribution >= 0.6 is 0 Å². The average molecular weight is 319 g/mol. The molecule has 0 N–H and O–H groups in total. The second-order valence-corrected chi connectivity index (χ2v) is 9.01. The first-order valence-corrected chi connectivity index (χ1v) is 10.0. The van der Waals surface area contributed by atoms with Crippen LogP contribution in [-0.4, -0.2) is 6.29 Å². The SMILES string of the molecule is CCCC1(C)/C(=C\C=O)CCCC2CCC(C)C2(C)CCC1C. The average Bonchev–Trinajstić information content (AvgIpc) is 2.80. The minimum atomic E-state index is 0.209. The molecular weight excluding hydrogens is 280 g/mol. The van der Waals surface area contributed by atoms with Gasteiger partial charge in [0, 0.05) is 0 Å². The molecule has 0 spiro atoms. The zero-order valence-electron chi connectivity index (χ0n) is 16.2. The van der Waals surface area contributed by atoms with E-state index in [9.17, 15) is 4.79 Å². The summed E-state index contributed by atoms with van der Waals surface area (Å²) in [7, 11) is 0. The van der Waals surface area contributed by atoms with Crippen molar-refractivity contribution >= 4 is 6.29 Å². The van der Waals surface area contributed by atoms with Crippen LogP contribution in [0, 0.1) is 28.6 Å². The lowest BCUT2D eigenvalue weighted by atomic mass is 9.61. The summed E-state index contributed by atoms with van der Waals surface area (Å²) in [4.78, 5) is 11.2. The van der Waals surface area contributed by atoms with Crippen molar-refractivity contribution in [2.45, 2.75) is 92.4 Å². The predicted molar refractivity (Wildman–Crippen MR) is 99.4 cm³/mol. The molecule has 2 saturated carbocycles. The molecule has 0 saturated heterocycles. The monoisotopic (exact) mass is 318 g/mol. The molecule has 1 heteroatoms. The first-order valence-electron chi connectivity index (χ1n) is 10.0. The maximum atomic E-state index is 11.2. The van der Waals surface area contributed by atoms with Gasteiger partial charge in [-0.15, -0.1) is 0 Å². The fraction of sp³-hybridized carbons (Fsp3) is 0.864. The van der Waals surface area contributed by atoms with Gasteiger partial charge in [0.1, 0.15) is 6.29 Å². The van der Waals surface area contributed by atoms with Crippen LogP contribution in [0.25, 0.3) is 0 Å². The molecule has 1 nitrogen and oxygen atoms in total. The summed E-state index contributed by atoms with van der Waals surface area (Å²) in [6.07, 6.45) is 14.6. The van der Waals surface area contributed by atoms with Crippen LogP contribution < -0.4 is 0 Å². The quantitative estimate of drug-likeness (QED) is 0.425. The van der Waals surface area contributed by atoms with E-state index in [2.05, 4.69) is 34.6 Å².